The Morgan fingerprint density at radius 2 is 1.77 bits per heavy atom. The molecule has 5 aromatic rings. The molecule has 1 amide bonds. The molecule has 0 saturated carbocycles. The van der Waals surface area contributed by atoms with Crippen LogP contribution in [0.25, 0.3) is 10.6 Å². The van der Waals surface area contributed by atoms with Crippen molar-refractivity contribution in [2.24, 2.45) is 0 Å². The van der Waals surface area contributed by atoms with Crippen LogP contribution in [0.4, 0.5) is 17.3 Å². The van der Waals surface area contributed by atoms with Gasteiger partial charge in [0.25, 0.3) is 5.91 Å². The predicted octanol–water partition coefficient (Wildman–Crippen LogP) is 7.13. The number of methoxy groups -OCH3 is 2. The number of amides is 1. The smallest absolute Gasteiger partial charge is 0.255 e. The Kier molecular flexibility index (Phi) is 8.86. The summed E-state index contributed by atoms with van der Waals surface area (Å²) in [6, 6.07) is 23.8. The number of hydrogen-bond donors (Lipinski definition) is 2. The number of nitrogens with zero attached hydrogens (tertiary/aromatic N) is 3. The molecule has 3 heterocycles. The van der Waals surface area contributed by atoms with E-state index in [-0.39, 0.29) is 5.91 Å². The second-order valence-electron chi connectivity index (χ2n) is 10.8. The summed E-state index contributed by atoms with van der Waals surface area (Å²) in [5.41, 5.74) is 7.79. The van der Waals surface area contributed by atoms with E-state index in [1.54, 1.807) is 31.8 Å². The fourth-order valence-corrected chi connectivity index (χ4v) is 6.07. The van der Waals surface area contributed by atoms with Crippen LogP contribution in [0.3, 0.4) is 0 Å². The van der Waals surface area contributed by atoms with Crippen molar-refractivity contribution in [3.63, 3.8) is 0 Å². The fourth-order valence-electron chi connectivity index (χ4n) is 5.38. The maximum absolute atomic E-state index is 13.2. The summed E-state index contributed by atoms with van der Waals surface area (Å²) >= 11 is 1.63. The summed E-state index contributed by atoms with van der Waals surface area (Å²) in [5, 5.41) is 8.34. The summed E-state index contributed by atoms with van der Waals surface area (Å²) in [7, 11) is 3.35. The van der Waals surface area contributed by atoms with E-state index < -0.39 is 0 Å². The number of ether oxygens (including phenoxy) is 2. The molecule has 0 atom stereocenters. The zero-order valence-electron chi connectivity index (χ0n) is 25.1. The van der Waals surface area contributed by atoms with Gasteiger partial charge in [-0.3, -0.25) is 9.69 Å². The normalized spacial score (nSPS) is 12.8. The first-order chi connectivity index (χ1) is 21.5. The molecule has 0 unspecified atom stereocenters. The molecule has 9 heteroatoms. The summed E-state index contributed by atoms with van der Waals surface area (Å²) in [4.78, 5) is 25.7. The van der Waals surface area contributed by atoms with E-state index in [0.717, 1.165) is 71.5 Å². The molecular weight excluding hydrogens is 570 g/mol. The predicted molar refractivity (Wildman–Crippen MR) is 176 cm³/mol. The zero-order chi connectivity index (χ0) is 30.5. The number of fused-ring (bicyclic) bond motifs is 1. The Balaban J connectivity index is 1.05. The van der Waals surface area contributed by atoms with E-state index in [1.807, 2.05) is 60.8 Å². The molecule has 2 N–H and O–H groups in total. The Bertz CT molecular complexity index is 1760. The molecule has 2 aromatic heterocycles. The van der Waals surface area contributed by atoms with Gasteiger partial charge < -0.3 is 20.1 Å². The number of carbonyl (C=O) groups is 1. The summed E-state index contributed by atoms with van der Waals surface area (Å²) in [6.45, 7) is 4.85. The van der Waals surface area contributed by atoms with Crippen molar-refractivity contribution in [1.82, 2.24) is 14.9 Å². The average molecular weight is 606 g/mol. The Morgan fingerprint density at radius 3 is 2.52 bits per heavy atom. The number of anilines is 3. The number of hydrogen-bond acceptors (Lipinski definition) is 8. The highest BCUT2D eigenvalue weighted by molar-refractivity contribution is 7.13. The molecule has 224 valence electrons. The SMILES string of the molecule is COc1cc2c(cc1OC)CN(CCc1ccc(NC(=O)c3ccc(C)c(Nc4nccc(-c5cccs5)n4)c3)cc1)CC2. The minimum absolute atomic E-state index is 0.173. The second kappa shape index (κ2) is 13.3. The van der Waals surface area contributed by atoms with Crippen molar-refractivity contribution in [2.45, 2.75) is 26.3 Å². The van der Waals surface area contributed by atoms with Gasteiger partial charge in [-0.25, -0.2) is 9.97 Å². The molecule has 1 aliphatic rings. The van der Waals surface area contributed by atoms with Crippen molar-refractivity contribution in [3.05, 3.63) is 112 Å². The van der Waals surface area contributed by atoms with Crippen LogP contribution in [0, 0.1) is 6.92 Å². The summed E-state index contributed by atoms with van der Waals surface area (Å²) in [5.74, 6) is 1.88. The first-order valence-corrected chi connectivity index (χ1v) is 15.5. The van der Waals surface area contributed by atoms with Crippen LogP contribution < -0.4 is 20.1 Å². The number of benzene rings is 3. The van der Waals surface area contributed by atoms with Crippen LogP contribution in [-0.2, 0) is 19.4 Å². The van der Waals surface area contributed by atoms with Gasteiger partial charge in [0.2, 0.25) is 5.95 Å². The Labute approximate surface area is 261 Å². The van der Waals surface area contributed by atoms with Gasteiger partial charge in [-0.15, -0.1) is 11.3 Å². The number of carbonyl (C=O) groups excluding carboxylic acids is 1. The molecule has 0 radical (unpaired) electrons. The Morgan fingerprint density at radius 1 is 0.977 bits per heavy atom. The molecule has 0 bridgehead atoms. The van der Waals surface area contributed by atoms with Crippen molar-refractivity contribution in [2.75, 3.05) is 37.9 Å². The molecule has 0 saturated heterocycles. The number of rotatable bonds is 10. The van der Waals surface area contributed by atoms with Crippen molar-refractivity contribution in [3.8, 4) is 22.1 Å². The van der Waals surface area contributed by atoms with Crippen LogP contribution in [0.15, 0.2) is 84.4 Å². The molecular formula is C35H35N5O3S. The number of nitrogens with one attached hydrogen (secondary N) is 2. The van der Waals surface area contributed by atoms with Crippen LogP contribution in [0.5, 0.6) is 11.5 Å². The van der Waals surface area contributed by atoms with Gasteiger partial charge in [-0.05, 0) is 95.9 Å². The lowest BCUT2D eigenvalue weighted by atomic mass is 9.98. The minimum Gasteiger partial charge on any atom is -0.493 e. The second-order valence-corrected chi connectivity index (χ2v) is 11.7. The van der Waals surface area contributed by atoms with Crippen molar-refractivity contribution < 1.29 is 14.3 Å². The molecule has 8 nitrogen and oxygen atoms in total. The highest BCUT2D eigenvalue weighted by atomic mass is 32.1. The molecule has 0 aliphatic carbocycles. The average Bonchev–Trinajstić information content (AvgIpc) is 3.60. The van der Waals surface area contributed by atoms with E-state index in [1.165, 1.54) is 16.7 Å². The molecule has 44 heavy (non-hydrogen) atoms. The van der Waals surface area contributed by atoms with Gasteiger partial charge in [0.1, 0.15) is 0 Å². The number of aryl methyl sites for hydroxylation is 1. The third-order valence-electron chi connectivity index (χ3n) is 7.90. The van der Waals surface area contributed by atoms with Gasteiger partial charge in [0.05, 0.1) is 24.8 Å². The topological polar surface area (TPSA) is 88.6 Å². The van der Waals surface area contributed by atoms with Gasteiger partial charge >= 0.3 is 0 Å². The van der Waals surface area contributed by atoms with Crippen LogP contribution >= 0.6 is 11.3 Å². The molecule has 0 fully saturated rings. The van der Waals surface area contributed by atoms with Gasteiger partial charge in [0.15, 0.2) is 11.5 Å². The van der Waals surface area contributed by atoms with E-state index in [2.05, 4.69) is 49.8 Å². The Hall–Kier alpha value is -4.73. The standard InChI is InChI=1S/C35H35N5O3S/c1-23-6-9-26(19-30(23)39-35-36-15-12-29(38-35)33-5-4-18-44-33)34(41)37-28-10-7-24(8-11-28)13-16-40-17-14-25-20-31(42-2)32(43-3)21-27(25)22-40/h4-12,15,18-21H,13-14,16-17,22H2,1-3H3,(H,37,41)(H,36,38,39). The number of thiophene rings is 1. The molecule has 0 spiro atoms. The van der Waals surface area contributed by atoms with E-state index in [9.17, 15) is 4.79 Å². The lowest BCUT2D eigenvalue weighted by Crippen LogP contribution is -2.32. The van der Waals surface area contributed by atoms with E-state index >= 15 is 0 Å². The van der Waals surface area contributed by atoms with Gasteiger partial charge in [-0.1, -0.05) is 24.3 Å². The van der Waals surface area contributed by atoms with Gasteiger partial charge in [0, 0.05) is 42.8 Å². The molecule has 6 rings (SSSR count). The fraction of sp³-hybridized carbons (Fsp3) is 0.229. The first kappa shape index (κ1) is 29.3. The third-order valence-corrected chi connectivity index (χ3v) is 8.79. The lowest BCUT2D eigenvalue weighted by molar-refractivity contribution is 0.102. The largest absolute Gasteiger partial charge is 0.493 e. The van der Waals surface area contributed by atoms with Crippen LogP contribution in [0.2, 0.25) is 0 Å². The minimum atomic E-state index is -0.173. The maximum Gasteiger partial charge on any atom is 0.255 e. The quantitative estimate of drug-likeness (QED) is 0.175. The lowest BCUT2D eigenvalue weighted by Gasteiger charge is -2.29. The van der Waals surface area contributed by atoms with Crippen LogP contribution in [-0.4, -0.2) is 48.1 Å². The van der Waals surface area contributed by atoms with Crippen LogP contribution in [0.1, 0.15) is 32.6 Å². The number of aromatic nitrogens is 2. The van der Waals surface area contributed by atoms with E-state index in [0.29, 0.717) is 11.5 Å². The zero-order valence-corrected chi connectivity index (χ0v) is 25.9. The highest BCUT2D eigenvalue weighted by Gasteiger charge is 2.19. The van der Waals surface area contributed by atoms with Crippen molar-refractivity contribution >= 4 is 34.6 Å². The maximum atomic E-state index is 13.2. The third kappa shape index (κ3) is 6.74. The highest BCUT2D eigenvalue weighted by Crippen LogP contribution is 2.33. The van der Waals surface area contributed by atoms with Gasteiger partial charge in [-0.2, -0.15) is 0 Å². The molecule has 1 aliphatic heterocycles. The summed E-state index contributed by atoms with van der Waals surface area (Å²) < 4.78 is 11.0. The molecule has 3 aromatic carbocycles. The van der Waals surface area contributed by atoms with E-state index in [4.69, 9.17) is 9.47 Å². The first-order valence-electron chi connectivity index (χ1n) is 14.6. The monoisotopic (exact) mass is 605 g/mol. The van der Waals surface area contributed by atoms with Crippen molar-refractivity contribution in [1.29, 1.82) is 0 Å². The summed E-state index contributed by atoms with van der Waals surface area (Å²) in [6.07, 6.45) is 3.66.